The van der Waals surface area contributed by atoms with Crippen molar-refractivity contribution < 1.29 is 0 Å². The number of nitrogens with one attached hydrogen (secondary N) is 1. The molecule has 2 heterocycles. The number of aromatic nitrogens is 4. The van der Waals surface area contributed by atoms with E-state index in [4.69, 9.17) is 0 Å². The van der Waals surface area contributed by atoms with Crippen LogP contribution in [0.3, 0.4) is 0 Å². The van der Waals surface area contributed by atoms with Crippen LogP contribution in [-0.2, 0) is 27.2 Å². The van der Waals surface area contributed by atoms with Gasteiger partial charge in [-0.1, -0.05) is 18.2 Å². The van der Waals surface area contributed by atoms with Gasteiger partial charge in [-0.05, 0) is 12.1 Å². The maximum atomic E-state index is 4.55. The third-order valence-corrected chi connectivity index (χ3v) is 3.20. The number of hydrogen-bond acceptors (Lipinski definition) is 3. The molecule has 0 amide bonds. The van der Waals surface area contributed by atoms with Gasteiger partial charge in [0.2, 0.25) is 0 Å². The Morgan fingerprint density at radius 1 is 1.05 bits per heavy atom. The molecule has 0 aliphatic carbocycles. The van der Waals surface area contributed by atoms with E-state index < -0.39 is 0 Å². The van der Waals surface area contributed by atoms with Crippen molar-refractivity contribution in [2.45, 2.75) is 13.1 Å². The number of fused-ring (bicyclic) bond motifs is 1. The summed E-state index contributed by atoms with van der Waals surface area (Å²) < 4.78 is 3.74. The monoisotopic (exact) mass is 255 g/mol. The summed E-state index contributed by atoms with van der Waals surface area (Å²) in [6, 6.07) is 10.3. The minimum absolute atomic E-state index is 0.748. The molecule has 2 aromatic heterocycles. The second kappa shape index (κ2) is 4.85. The fourth-order valence-corrected chi connectivity index (χ4v) is 2.29. The van der Waals surface area contributed by atoms with Crippen molar-refractivity contribution in [2.75, 3.05) is 0 Å². The quantitative estimate of drug-likeness (QED) is 0.770. The summed E-state index contributed by atoms with van der Waals surface area (Å²) in [4.78, 5) is 0. The Labute approximate surface area is 111 Å². The van der Waals surface area contributed by atoms with Gasteiger partial charge in [0, 0.05) is 38.8 Å². The normalized spacial score (nSPS) is 11.3. The maximum Gasteiger partial charge on any atom is 0.0841 e. The first-order valence-corrected chi connectivity index (χ1v) is 6.34. The number of nitrogens with zero attached hydrogens (tertiary/aromatic N) is 4. The Kier molecular flexibility index (Phi) is 3.05. The summed E-state index contributed by atoms with van der Waals surface area (Å²) in [5.41, 5.74) is 3.29. The maximum absolute atomic E-state index is 4.55. The van der Waals surface area contributed by atoms with Gasteiger partial charge < -0.3 is 5.32 Å². The highest BCUT2D eigenvalue weighted by Crippen LogP contribution is 2.17. The van der Waals surface area contributed by atoms with Crippen molar-refractivity contribution in [3.05, 3.63) is 47.9 Å². The molecule has 1 aromatic carbocycles. The molecule has 0 aliphatic heterocycles. The second-order valence-corrected chi connectivity index (χ2v) is 4.67. The number of benzene rings is 1. The molecule has 0 atom stereocenters. The molecule has 5 nitrogen and oxygen atoms in total. The van der Waals surface area contributed by atoms with Gasteiger partial charge >= 0.3 is 0 Å². The van der Waals surface area contributed by atoms with Crippen molar-refractivity contribution in [1.82, 2.24) is 24.9 Å². The largest absolute Gasteiger partial charge is 0.305 e. The van der Waals surface area contributed by atoms with E-state index in [-0.39, 0.29) is 0 Å². The minimum Gasteiger partial charge on any atom is -0.305 e. The molecule has 0 fully saturated rings. The van der Waals surface area contributed by atoms with Crippen LogP contribution >= 0.6 is 0 Å². The van der Waals surface area contributed by atoms with E-state index in [1.165, 1.54) is 5.39 Å². The Morgan fingerprint density at radius 3 is 2.68 bits per heavy atom. The van der Waals surface area contributed by atoms with Crippen LogP contribution in [0.5, 0.6) is 0 Å². The van der Waals surface area contributed by atoms with Crippen LogP contribution in [0.15, 0.2) is 36.5 Å². The van der Waals surface area contributed by atoms with Crippen molar-refractivity contribution in [1.29, 1.82) is 0 Å². The zero-order chi connectivity index (χ0) is 13.2. The van der Waals surface area contributed by atoms with Crippen LogP contribution in [0.25, 0.3) is 10.9 Å². The van der Waals surface area contributed by atoms with Gasteiger partial charge in [0.1, 0.15) is 0 Å². The molecular formula is C14H17N5. The number of para-hydroxylation sites is 1. The minimum atomic E-state index is 0.748. The SMILES string of the molecule is Cn1ccc(CNCc2nn(C)c3ccccc23)n1. The first-order chi connectivity index (χ1) is 9.24. The van der Waals surface area contributed by atoms with Gasteiger partial charge in [-0.2, -0.15) is 10.2 Å². The highest BCUT2D eigenvalue weighted by Gasteiger charge is 2.07. The summed E-state index contributed by atoms with van der Waals surface area (Å²) in [6.45, 7) is 1.50. The molecule has 0 radical (unpaired) electrons. The van der Waals surface area contributed by atoms with Gasteiger partial charge in [-0.15, -0.1) is 0 Å². The van der Waals surface area contributed by atoms with Crippen LogP contribution in [0.1, 0.15) is 11.4 Å². The number of aryl methyl sites for hydroxylation is 2. The predicted molar refractivity (Wildman–Crippen MR) is 74.5 cm³/mol. The molecule has 1 N–H and O–H groups in total. The summed E-state index contributed by atoms with van der Waals surface area (Å²) in [7, 11) is 3.90. The standard InChI is InChI=1S/C14H17N5/c1-18-8-7-11(16-18)9-15-10-13-12-5-3-4-6-14(12)19(2)17-13/h3-8,15H,9-10H2,1-2H3. The summed E-state index contributed by atoms with van der Waals surface area (Å²) >= 11 is 0. The molecule has 98 valence electrons. The lowest BCUT2D eigenvalue weighted by atomic mass is 10.2. The molecule has 5 heteroatoms. The molecule has 19 heavy (non-hydrogen) atoms. The first-order valence-electron chi connectivity index (χ1n) is 6.34. The fraction of sp³-hybridized carbons (Fsp3) is 0.286. The first kappa shape index (κ1) is 11.9. The summed E-state index contributed by atoms with van der Waals surface area (Å²) in [6.07, 6.45) is 1.95. The van der Waals surface area contributed by atoms with Crippen molar-refractivity contribution in [3.63, 3.8) is 0 Å². The third-order valence-electron chi connectivity index (χ3n) is 3.20. The van der Waals surface area contributed by atoms with Crippen molar-refractivity contribution in [3.8, 4) is 0 Å². The van der Waals surface area contributed by atoms with Gasteiger partial charge in [0.15, 0.2) is 0 Å². The molecule has 3 aromatic rings. The smallest absolute Gasteiger partial charge is 0.0841 e. The van der Waals surface area contributed by atoms with E-state index >= 15 is 0 Å². The lowest BCUT2D eigenvalue weighted by Gasteiger charge is -2.00. The van der Waals surface area contributed by atoms with Crippen molar-refractivity contribution in [2.24, 2.45) is 14.1 Å². The number of rotatable bonds is 4. The topological polar surface area (TPSA) is 47.7 Å². The Hall–Kier alpha value is -2.14. The van der Waals surface area contributed by atoms with E-state index in [2.05, 4.69) is 27.6 Å². The van der Waals surface area contributed by atoms with Gasteiger partial charge in [-0.25, -0.2) is 0 Å². The van der Waals surface area contributed by atoms with E-state index in [0.29, 0.717) is 0 Å². The van der Waals surface area contributed by atoms with Crippen LogP contribution < -0.4 is 5.32 Å². The molecule has 0 aliphatic rings. The summed E-state index contributed by atoms with van der Waals surface area (Å²) in [5.74, 6) is 0. The molecular weight excluding hydrogens is 238 g/mol. The Bertz CT molecular complexity index is 695. The predicted octanol–water partition coefficient (Wildman–Crippen LogP) is 1.60. The highest BCUT2D eigenvalue weighted by atomic mass is 15.3. The molecule has 3 rings (SSSR count). The van der Waals surface area contributed by atoms with Crippen LogP contribution in [0.2, 0.25) is 0 Å². The van der Waals surface area contributed by atoms with E-state index in [1.807, 2.05) is 47.9 Å². The fourth-order valence-electron chi connectivity index (χ4n) is 2.29. The van der Waals surface area contributed by atoms with Gasteiger partial charge in [0.05, 0.1) is 16.9 Å². The van der Waals surface area contributed by atoms with Crippen LogP contribution in [-0.4, -0.2) is 19.6 Å². The molecule has 0 bridgehead atoms. The Morgan fingerprint density at radius 2 is 1.89 bits per heavy atom. The zero-order valence-electron chi connectivity index (χ0n) is 11.2. The lowest BCUT2D eigenvalue weighted by molar-refractivity contribution is 0.638. The van der Waals surface area contributed by atoms with Gasteiger partial charge in [0.25, 0.3) is 0 Å². The molecule has 0 saturated carbocycles. The lowest BCUT2D eigenvalue weighted by Crippen LogP contribution is -2.14. The average Bonchev–Trinajstić information content (AvgIpc) is 2.96. The summed E-state index contributed by atoms with van der Waals surface area (Å²) in [5, 5.41) is 13.5. The third kappa shape index (κ3) is 2.37. The van der Waals surface area contributed by atoms with Crippen LogP contribution in [0, 0.1) is 0 Å². The van der Waals surface area contributed by atoms with Crippen molar-refractivity contribution >= 4 is 10.9 Å². The van der Waals surface area contributed by atoms with E-state index in [1.54, 1.807) is 0 Å². The molecule has 0 unspecified atom stereocenters. The van der Waals surface area contributed by atoms with E-state index in [9.17, 15) is 0 Å². The average molecular weight is 255 g/mol. The number of hydrogen-bond donors (Lipinski definition) is 1. The van der Waals surface area contributed by atoms with Crippen LogP contribution in [0.4, 0.5) is 0 Å². The van der Waals surface area contributed by atoms with Gasteiger partial charge in [-0.3, -0.25) is 9.36 Å². The molecule has 0 spiro atoms. The second-order valence-electron chi connectivity index (χ2n) is 4.67. The van der Waals surface area contributed by atoms with E-state index in [0.717, 1.165) is 30.0 Å². The Balaban J connectivity index is 1.72. The highest BCUT2D eigenvalue weighted by molar-refractivity contribution is 5.81. The molecule has 0 saturated heterocycles. The zero-order valence-corrected chi connectivity index (χ0v) is 11.2.